The number of nitrogens with zero attached hydrogens (tertiary/aromatic N) is 4. The Labute approximate surface area is 112 Å². The summed E-state index contributed by atoms with van der Waals surface area (Å²) in [5.74, 6) is 0.538. The van der Waals surface area contributed by atoms with Crippen LogP contribution in [0.5, 0.6) is 0 Å². The van der Waals surface area contributed by atoms with Crippen molar-refractivity contribution in [3.05, 3.63) is 46.3 Å². The standard InChI is InChI=1S/C13H11N5O2/c19-9-3-1-7-2-4-10(16-11(7)9)18-12-8(13(20)17-18)5-14-6-15-12/h2,4-6,9,19H,1,3H2,(H,17,20). The molecule has 0 saturated carbocycles. The van der Waals surface area contributed by atoms with E-state index in [9.17, 15) is 9.90 Å². The predicted octanol–water partition coefficient (Wildman–Crippen LogP) is 0.483. The number of pyridine rings is 1. The average Bonchev–Trinajstić information content (AvgIpc) is 3.01. The van der Waals surface area contributed by atoms with Gasteiger partial charge in [0.1, 0.15) is 11.7 Å². The fourth-order valence-corrected chi connectivity index (χ4v) is 2.59. The van der Waals surface area contributed by atoms with E-state index < -0.39 is 6.10 Å². The van der Waals surface area contributed by atoms with Crippen LogP contribution >= 0.6 is 0 Å². The number of hydrogen-bond acceptors (Lipinski definition) is 5. The summed E-state index contributed by atoms with van der Waals surface area (Å²) < 4.78 is 1.52. The van der Waals surface area contributed by atoms with E-state index in [2.05, 4.69) is 20.1 Å². The highest BCUT2D eigenvalue weighted by Crippen LogP contribution is 2.29. The number of aromatic amines is 1. The van der Waals surface area contributed by atoms with Crippen LogP contribution in [-0.4, -0.2) is 29.8 Å². The number of aryl methyl sites for hydroxylation is 1. The van der Waals surface area contributed by atoms with E-state index in [-0.39, 0.29) is 5.56 Å². The van der Waals surface area contributed by atoms with E-state index in [1.165, 1.54) is 17.2 Å². The van der Waals surface area contributed by atoms with Crippen LogP contribution in [0.1, 0.15) is 23.8 Å². The number of aliphatic hydroxyl groups excluding tert-OH is 1. The van der Waals surface area contributed by atoms with Crippen molar-refractivity contribution in [1.82, 2.24) is 24.7 Å². The minimum atomic E-state index is -0.534. The summed E-state index contributed by atoms with van der Waals surface area (Å²) >= 11 is 0. The molecule has 0 saturated heterocycles. The van der Waals surface area contributed by atoms with Crippen LogP contribution in [-0.2, 0) is 6.42 Å². The normalized spacial score (nSPS) is 17.6. The van der Waals surface area contributed by atoms with Crippen LogP contribution in [0.3, 0.4) is 0 Å². The van der Waals surface area contributed by atoms with Crippen molar-refractivity contribution < 1.29 is 5.11 Å². The number of hydrogen-bond donors (Lipinski definition) is 2. The number of H-pyrrole nitrogens is 1. The van der Waals surface area contributed by atoms with E-state index in [0.29, 0.717) is 29.0 Å². The summed E-state index contributed by atoms with van der Waals surface area (Å²) in [6.07, 6.45) is 3.84. The number of aromatic nitrogens is 5. The van der Waals surface area contributed by atoms with Gasteiger partial charge in [-0.25, -0.2) is 19.6 Å². The van der Waals surface area contributed by atoms with Gasteiger partial charge in [0.15, 0.2) is 11.5 Å². The van der Waals surface area contributed by atoms with Crippen LogP contribution in [0.2, 0.25) is 0 Å². The van der Waals surface area contributed by atoms with Crippen LogP contribution < -0.4 is 5.56 Å². The van der Waals surface area contributed by atoms with Crippen LogP contribution in [0.25, 0.3) is 16.9 Å². The third-order valence-electron chi connectivity index (χ3n) is 3.59. The molecular weight excluding hydrogens is 258 g/mol. The lowest BCUT2D eigenvalue weighted by atomic mass is 10.2. The Morgan fingerprint density at radius 1 is 1.40 bits per heavy atom. The minimum Gasteiger partial charge on any atom is -0.387 e. The van der Waals surface area contributed by atoms with Gasteiger partial charge in [-0.1, -0.05) is 6.07 Å². The van der Waals surface area contributed by atoms with Gasteiger partial charge in [0.2, 0.25) is 0 Å². The second-order valence-electron chi connectivity index (χ2n) is 4.80. The Hall–Kier alpha value is -2.54. The Balaban J connectivity index is 1.96. The highest BCUT2D eigenvalue weighted by atomic mass is 16.3. The SMILES string of the molecule is O=c1[nH]n(-c2ccc3c(n2)C(O)CC3)c2ncncc12. The second-order valence-corrected chi connectivity index (χ2v) is 4.80. The molecule has 100 valence electrons. The van der Waals surface area contributed by atoms with Crippen molar-refractivity contribution in [1.29, 1.82) is 0 Å². The van der Waals surface area contributed by atoms with E-state index in [1.54, 1.807) is 0 Å². The lowest BCUT2D eigenvalue weighted by Crippen LogP contribution is -2.07. The first-order chi connectivity index (χ1) is 9.74. The van der Waals surface area contributed by atoms with Gasteiger partial charge in [-0.05, 0) is 24.5 Å². The van der Waals surface area contributed by atoms with Crippen molar-refractivity contribution >= 4 is 11.0 Å². The van der Waals surface area contributed by atoms with Crippen LogP contribution in [0.4, 0.5) is 0 Å². The lowest BCUT2D eigenvalue weighted by molar-refractivity contribution is 0.175. The summed E-state index contributed by atoms with van der Waals surface area (Å²) in [7, 11) is 0. The lowest BCUT2D eigenvalue weighted by Gasteiger charge is -2.07. The molecule has 1 aliphatic carbocycles. The highest BCUT2D eigenvalue weighted by molar-refractivity contribution is 5.74. The first-order valence-electron chi connectivity index (χ1n) is 6.33. The Bertz CT molecular complexity index is 867. The smallest absolute Gasteiger partial charge is 0.275 e. The van der Waals surface area contributed by atoms with Crippen molar-refractivity contribution in [3.63, 3.8) is 0 Å². The molecule has 1 atom stereocenters. The topological polar surface area (TPSA) is 96.7 Å². The predicted molar refractivity (Wildman–Crippen MR) is 70.6 cm³/mol. The van der Waals surface area contributed by atoms with E-state index in [4.69, 9.17) is 0 Å². The zero-order valence-electron chi connectivity index (χ0n) is 10.4. The molecule has 3 aromatic heterocycles. The van der Waals surface area contributed by atoms with E-state index >= 15 is 0 Å². The summed E-state index contributed by atoms with van der Waals surface area (Å²) in [6.45, 7) is 0. The first-order valence-corrected chi connectivity index (χ1v) is 6.33. The fraction of sp³-hybridized carbons (Fsp3) is 0.231. The number of fused-ring (bicyclic) bond motifs is 2. The number of aliphatic hydroxyl groups is 1. The van der Waals surface area contributed by atoms with Crippen LogP contribution in [0, 0.1) is 0 Å². The largest absolute Gasteiger partial charge is 0.387 e. The van der Waals surface area contributed by atoms with Gasteiger partial charge < -0.3 is 5.11 Å². The van der Waals surface area contributed by atoms with Crippen molar-refractivity contribution in [2.45, 2.75) is 18.9 Å². The molecule has 0 aliphatic heterocycles. The van der Waals surface area contributed by atoms with Gasteiger partial charge in [0.25, 0.3) is 5.56 Å². The molecule has 1 unspecified atom stereocenters. The maximum Gasteiger partial charge on any atom is 0.275 e. The zero-order chi connectivity index (χ0) is 13.7. The molecule has 0 amide bonds. The number of nitrogens with one attached hydrogen (secondary N) is 1. The van der Waals surface area contributed by atoms with Gasteiger partial charge >= 0.3 is 0 Å². The van der Waals surface area contributed by atoms with Gasteiger partial charge in [-0.15, -0.1) is 0 Å². The third kappa shape index (κ3) is 1.50. The molecule has 0 aromatic carbocycles. The number of rotatable bonds is 1. The van der Waals surface area contributed by atoms with Gasteiger partial charge in [0.05, 0.1) is 11.8 Å². The fourth-order valence-electron chi connectivity index (χ4n) is 2.59. The molecule has 3 aromatic rings. The second kappa shape index (κ2) is 3.97. The molecule has 7 nitrogen and oxygen atoms in total. The zero-order valence-corrected chi connectivity index (χ0v) is 10.4. The molecule has 0 radical (unpaired) electrons. The molecule has 2 N–H and O–H groups in total. The molecular formula is C13H11N5O2. The molecule has 7 heteroatoms. The summed E-state index contributed by atoms with van der Waals surface area (Å²) in [4.78, 5) is 24.2. The monoisotopic (exact) mass is 269 g/mol. The maximum absolute atomic E-state index is 11.8. The Kier molecular flexibility index (Phi) is 2.25. The molecule has 0 fully saturated rings. The molecule has 3 heterocycles. The molecule has 4 rings (SSSR count). The minimum absolute atomic E-state index is 0.261. The maximum atomic E-state index is 11.8. The average molecular weight is 269 g/mol. The van der Waals surface area contributed by atoms with E-state index in [1.807, 2.05) is 12.1 Å². The van der Waals surface area contributed by atoms with Gasteiger partial charge in [0, 0.05) is 6.20 Å². The Morgan fingerprint density at radius 2 is 2.30 bits per heavy atom. The quantitative estimate of drug-likeness (QED) is 0.670. The molecule has 1 aliphatic rings. The van der Waals surface area contributed by atoms with Gasteiger partial charge in [-0.2, -0.15) is 0 Å². The van der Waals surface area contributed by atoms with Gasteiger partial charge in [-0.3, -0.25) is 9.89 Å². The molecule has 0 bridgehead atoms. The van der Waals surface area contributed by atoms with E-state index in [0.717, 1.165) is 12.0 Å². The highest BCUT2D eigenvalue weighted by Gasteiger charge is 2.23. The van der Waals surface area contributed by atoms with Crippen LogP contribution in [0.15, 0.2) is 29.5 Å². The molecule has 0 spiro atoms. The molecule has 20 heavy (non-hydrogen) atoms. The summed E-state index contributed by atoms with van der Waals surface area (Å²) in [5, 5.41) is 13.0. The Morgan fingerprint density at radius 3 is 3.20 bits per heavy atom. The van der Waals surface area contributed by atoms with Crippen molar-refractivity contribution in [3.8, 4) is 5.82 Å². The summed E-state index contributed by atoms with van der Waals surface area (Å²) in [5.41, 5.74) is 1.95. The first kappa shape index (κ1) is 11.3. The van der Waals surface area contributed by atoms with Crippen molar-refractivity contribution in [2.75, 3.05) is 0 Å². The third-order valence-corrected chi connectivity index (χ3v) is 3.59. The van der Waals surface area contributed by atoms with Crippen molar-refractivity contribution in [2.24, 2.45) is 0 Å². The summed E-state index contributed by atoms with van der Waals surface area (Å²) in [6, 6.07) is 3.74.